The van der Waals surface area contributed by atoms with Crippen molar-refractivity contribution in [3.63, 3.8) is 0 Å². The molecule has 98 valence electrons. The Morgan fingerprint density at radius 3 is 2.38 bits per heavy atom. The summed E-state index contributed by atoms with van der Waals surface area (Å²) in [7, 11) is 0. The Morgan fingerprint density at radius 1 is 1.38 bits per heavy atom. The minimum Gasteiger partial charge on any atom is -0.444 e. The Morgan fingerprint density at radius 2 is 1.94 bits per heavy atom. The van der Waals surface area contributed by atoms with E-state index in [1.165, 1.54) is 0 Å². The Bertz CT molecular complexity index is 193. The van der Waals surface area contributed by atoms with Gasteiger partial charge in [0.2, 0.25) is 0 Å². The molecule has 0 aromatic heterocycles. The van der Waals surface area contributed by atoms with Crippen LogP contribution in [0.15, 0.2) is 0 Å². The van der Waals surface area contributed by atoms with Crippen LogP contribution in [0.25, 0.3) is 0 Å². The van der Waals surface area contributed by atoms with Gasteiger partial charge in [0, 0.05) is 6.54 Å². The number of nitrogens with two attached hydrogens (primary N) is 1. The van der Waals surface area contributed by atoms with Crippen molar-refractivity contribution in [3.8, 4) is 0 Å². The van der Waals surface area contributed by atoms with Gasteiger partial charge in [0.25, 0.3) is 0 Å². The van der Waals surface area contributed by atoms with Gasteiger partial charge in [-0.05, 0) is 46.1 Å². The molecule has 0 saturated heterocycles. The van der Waals surface area contributed by atoms with E-state index in [0.29, 0.717) is 19.0 Å². The summed E-state index contributed by atoms with van der Waals surface area (Å²) in [6.45, 7) is 9.03. The number of rotatable bonds is 5. The highest BCUT2D eigenvalue weighted by Crippen LogP contribution is 2.07. The van der Waals surface area contributed by atoms with Crippen LogP contribution in [0.2, 0.25) is 0 Å². The maximum absolute atomic E-state index is 11.2. The van der Waals surface area contributed by atoms with Crippen molar-refractivity contribution in [1.29, 1.82) is 0 Å². The molecule has 0 rings (SSSR count). The molecule has 0 aromatic carbocycles. The number of amides is 1. The van der Waals surface area contributed by atoms with Crippen LogP contribution >= 0.6 is 12.4 Å². The van der Waals surface area contributed by atoms with Crippen molar-refractivity contribution in [2.45, 2.75) is 46.1 Å². The Labute approximate surface area is 105 Å². The summed E-state index contributed by atoms with van der Waals surface area (Å²) in [5.74, 6) is 0.546. The quantitative estimate of drug-likeness (QED) is 0.789. The second-order valence-electron chi connectivity index (χ2n) is 4.90. The molecule has 5 heteroatoms. The highest BCUT2D eigenvalue weighted by Gasteiger charge is 2.15. The Hall–Kier alpha value is -0.480. The Kier molecular flexibility index (Phi) is 9.67. The summed E-state index contributed by atoms with van der Waals surface area (Å²) in [4.78, 5) is 11.2. The second kappa shape index (κ2) is 8.65. The van der Waals surface area contributed by atoms with Crippen molar-refractivity contribution in [2.75, 3.05) is 13.1 Å². The number of hydrogen-bond donors (Lipinski definition) is 2. The summed E-state index contributed by atoms with van der Waals surface area (Å²) < 4.78 is 5.10. The average molecular weight is 253 g/mol. The molecule has 0 aliphatic rings. The first kappa shape index (κ1) is 17.9. The van der Waals surface area contributed by atoms with Gasteiger partial charge in [0.15, 0.2) is 0 Å². The van der Waals surface area contributed by atoms with Gasteiger partial charge < -0.3 is 15.8 Å². The molecule has 4 nitrogen and oxygen atoms in total. The van der Waals surface area contributed by atoms with Gasteiger partial charge >= 0.3 is 6.09 Å². The molecular weight excluding hydrogens is 228 g/mol. The van der Waals surface area contributed by atoms with E-state index in [-0.39, 0.29) is 18.5 Å². The van der Waals surface area contributed by atoms with E-state index in [1.807, 2.05) is 20.8 Å². The molecule has 0 bridgehead atoms. The summed E-state index contributed by atoms with van der Waals surface area (Å²) in [5.41, 5.74) is 5.01. The topological polar surface area (TPSA) is 64.3 Å². The van der Waals surface area contributed by atoms with Crippen LogP contribution in [0, 0.1) is 5.92 Å². The third-order valence-electron chi connectivity index (χ3n) is 1.96. The smallest absolute Gasteiger partial charge is 0.407 e. The number of nitrogens with one attached hydrogen (secondary N) is 1. The van der Waals surface area contributed by atoms with E-state index in [9.17, 15) is 4.79 Å². The third-order valence-corrected chi connectivity index (χ3v) is 1.96. The fourth-order valence-corrected chi connectivity index (χ4v) is 1.16. The lowest BCUT2D eigenvalue weighted by atomic mass is 10.0. The van der Waals surface area contributed by atoms with Crippen LogP contribution in [-0.4, -0.2) is 24.8 Å². The number of hydrogen-bond acceptors (Lipinski definition) is 3. The molecule has 0 unspecified atom stereocenters. The summed E-state index contributed by atoms with van der Waals surface area (Å²) >= 11 is 0. The van der Waals surface area contributed by atoms with Gasteiger partial charge in [-0.3, -0.25) is 0 Å². The lowest BCUT2D eigenvalue weighted by molar-refractivity contribution is 0.0525. The minimum atomic E-state index is -0.424. The number of halogens is 1. The first-order chi connectivity index (χ1) is 6.85. The zero-order valence-corrected chi connectivity index (χ0v) is 11.5. The predicted octanol–water partition coefficient (Wildman–Crippen LogP) is 2.31. The van der Waals surface area contributed by atoms with Crippen LogP contribution in [0.5, 0.6) is 0 Å². The first-order valence-corrected chi connectivity index (χ1v) is 5.52. The summed E-state index contributed by atoms with van der Waals surface area (Å²) in [5, 5.41) is 2.73. The van der Waals surface area contributed by atoms with Crippen molar-refractivity contribution in [2.24, 2.45) is 11.7 Å². The molecule has 1 amide bonds. The van der Waals surface area contributed by atoms with E-state index in [4.69, 9.17) is 10.5 Å². The van der Waals surface area contributed by atoms with Crippen LogP contribution < -0.4 is 11.1 Å². The van der Waals surface area contributed by atoms with Crippen molar-refractivity contribution in [3.05, 3.63) is 0 Å². The molecule has 0 saturated carbocycles. The number of carbonyl (C=O) groups is 1. The normalized spacial score (nSPS) is 12.6. The zero-order valence-electron chi connectivity index (χ0n) is 10.7. The van der Waals surface area contributed by atoms with Gasteiger partial charge in [-0.2, -0.15) is 0 Å². The van der Waals surface area contributed by atoms with E-state index >= 15 is 0 Å². The maximum atomic E-state index is 11.2. The average Bonchev–Trinajstić information content (AvgIpc) is 2.00. The standard InChI is InChI=1S/C11H24N2O2.ClH/c1-9(5-7-12)6-8-13-10(14)15-11(2,3)4;/h9H,5-8,12H2,1-4H3,(H,13,14);1H/t9-;/m1./s1. The molecule has 1 atom stereocenters. The lowest BCUT2D eigenvalue weighted by Gasteiger charge is -2.20. The second-order valence-corrected chi connectivity index (χ2v) is 4.90. The number of ether oxygens (including phenoxy) is 1. The molecule has 0 spiro atoms. The molecule has 0 radical (unpaired) electrons. The van der Waals surface area contributed by atoms with Crippen LogP contribution in [0.1, 0.15) is 40.5 Å². The van der Waals surface area contributed by atoms with Gasteiger partial charge in [0.1, 0.15) is 5.60 Å². The van der Waals surface area contributed by atoms with Crippen LogP contribution in [0.4, 0.5) is 4.79 Å². The fraction of sp³-hybridized carbons (Fsp3) is 0.909. The molecule has 0 fully saturated rings. The first-order valence-electron chi connectivity index (χ1n) is 5.52. The number of carbonyl (C=O) groups excluding carboxylic acids is 1. The molecule has 0 aliphatic heterocycles. The highest BCUT2D eigenvalue weighted by molar-refractivity contribution is 5.85. The van der Waals surface area contributed by atoms with Crippen LogP contribution in [0.3, 0.4) is 0 Å². The van der Waals surface area contributed by atoms with Crippen molar-refractivity contribution in [1.82, 2.24) is 5.32 Å². The van der Waals surface area contributed by atoms with Gasteiger partial charge in [-0.25, -0.2) is 4.79 Å². The molecule has 3 N–H and O–H groups in total. The van der Waals surface area contributed by atoms with Crippen LogP contribution in [-0.2, 0) is 4.74 Å². The molecule has 0 aromatic rings. The molecule has 0 heterocycles. The van der Waals surface area contributed by atoms with Crippen molar-refractivity contribution < 1.29 is 9.53 Å². The van der Waals surface area contributed by atoms with E-state index in [2.05, 4.69) is 12.2 Å². The SMILES string of the molecule is C[C@H](CCN)CCNC(=O)OC(C)(C)C.Cl. The van der Waals surface area contributed by atoms with Crippen molar-refractivity contribution >= 4 is 18.5 Å². The zero-order chi connectivity index (χ0) is 11.9. The minimum absolute atomic E-state index is 0. The largest absolute Gasteiger partial charge is 0.444 e. The predicted molar refractivity (Wildman–Crippen MR) is 68.9 cm³/mol. The van der Waals surface area contributed by atoms with E-state index < -0.39 is 5.60 Å². The maximum Gasteiger partial charge on any atom is 0.407 e. The summed E-state index contributed by atoms with van der Waals surface area (Å²) in [6.07, 6.45) is 1.59. The molecule has 16 heavy (non-hydrogen) atoms. The number of alkyl carbamates (subject to hydrolysis) is 1. The molecule has 0 aliphatic carbocycles. The van der Waals surface area contributed by atoms with Gasteiger partial charge in [-0.1, -0.05) is 6.92 Å². The molecular formula is C11H25ClN2O2. The Balaban J connectivity index is 0. The van der Waals surface area contributed by atoms with E-state index in [1.54, 1.807) is 0 Å². The fourth-order valence-electron chi connectivity index (χ4n) is 1.16. The monoisotopic (exact) mass is 252 g/mol. The van der Waals surface area contributed by atoms with Gasteiger partial charge in [-0.15, -0.1) is 12.4 Å². The summed E-state index contributed by atoms with van der Waals surface area (Å²) in [6, 6.07) is 0. The lowest BCUT2D eigenvalue weighted by Crippen LogP contribution is -2.33. The van der Waals surface area contributed by atoms with Gasteiger partial charge in [0.05, 0.1) is 0 Å². The third kappa shape index (κ3) is 11.6. The highest BCUT2D eigenvalue weighted by atomic mass is 35.5. The van der Waals surface area contributed by atoms with E-state index in [0.717, 1.165) is 12.8 Å².